The third-order valence-electron chi connectivity index (χ3n) is 4.95. The first-order chi connectivity index (χ1) is 15.9. The van der Waals surface area contributed by atoms with E-state index < -0.39 is 11.0 Å². The maximum Gasteiger partial charge on any atom is 0.256 e. The molecule has 0 radical (unpaired) electrons. The van der Waals surface area contributed by atoms with Crippen LogP contribution in [0.25, 0.3) is 0 Å². The molecule has 0 saturated heterocycles. The van der Waals surface area contributed by atoms with Gasteiger partial charge < -0.3 is 9.62 Å². The van der Waals surface area contributed by atoms with Gasteiger partial charge in [-0.1, -0.05) is 44.2 Å². The zero-order valence-corrected chi connectivity index (χ0v) is 20.8. The molecule has 0 aliphatic heterocycles. The van der Waals surface area contributed by atoms with Gasteiger partial charge in [-0.15, -0.1) is 0 Å². The molecule has 176 valence electrons. The van der Waals surface area contributed by atoms with Crippen LogP contribution < -0.4 is 9.86 Å². The lowest BCUT2D eigenvalue weighted by Gasteiger charge is -2.26. The molecule has 0 spiro atoms. The summed E-state index contributed by atoms with van der Waals surface area (Å²) in [7, 11) is 0.132. The lowest BCUT2D eigenvalue weighted by molar-refractivity contribution is 0.0743. The van der Waals surface area contributed by atoms with E-state index in [1.807, 2.05) is 26.8 Å². The molecule has 1 amide bonds. The Bertz CT molecular complexity index is 1070. The van der Waals surface area contributed by atoms with Crippen LogP contribution in [0.3, 0.4) is 0 Å². The lowest BCUT2D eigenvalue weighted by Crippen LogP contribution is -2.30. The van der Waals surface area contributed by atoms with Gasteiger partial charge in [0.05, 0.1) is 35.1 Å². The number of hydrogen-bond acceptors (Lipinski definition) is 5. The summed E-state index contributed by atoms with van der Waals surface area (Å²) in [6.45, 7) is 5.87. The number of carbonyl (C=O) groups is 1. The van der Waals surface area contributed by atoms with Crippen LogP contribution in [0, 0.1) is 5.82 Å². The fourth-order valence-electron chi connectivity index (χ4n) is 3.08. The van der Waals surface area contributed by atoms with Crippen LogP contribution in [-0.2, 0) is 11.0 Å². The molecule has 33 heavy (non-hydrogen) atoms. The summed E-state index contributed by atoms with van der Waals surface area (Å²) >= 11 is 0.856. The third-order valence-corrected chi connectivity index (χ3v) is 6.45. The summed E-state index contributed by atoms with van der Waals surface area (Å²) in [5.74, 6) is -0.566. The monoisotopic (exact) mass is 488 g/mol. The number of allylic oxidation sites excluding steroid dienone is 4. The number of anilines is 1. The van der Waals surface area contributed by atoms with Gasteiger partial charge >= 0.3 is 0 Å². The van der Waals surface area contributed by atoms with Crippen LogP contribution in [0.5, 0.6) is 0 Å². The van der Waals surface area contributed by atoms with Crippen molar-refractivity contribution in [2.75, 3.05) is 11.8 Å². The number of nitrogens with one attached hydrogen (secondary N) is 1. The van der Waals surface area contributed by atoms with Gasteiger partial charge in [0.25, 0.3) is 5.91 Å². The van der Waals surface area contributed by atoms with Crippen molar-refractivity contribution in [1.82, 2.24) is 4.90 Å². The molecule has 2 aromatic carbocycles. The van der Waals surface area contributed by atoms with Crippen molar-refractivity contribution in [3.8, 4) is 0 Å². The number of nitrogens with two attached hydrogens (primary N) is 1. The summed E-state index contributed by atoms with van der Waals surface area (Å²) in [6.07, 6.45) is 5.74. The molecule has 2 unspecified atom stereocenters. The first-order valence-corrected chi connectivity index (χ1v) is 12.5. The number of benzene rings is 2. The highest BCUT2D eigenvalue weighted by Crippen LogP contribution is 2.26. The van der Waals surface area contributed by atoms with Gasteiger partial charge in [0.1, 0.15) is 16.8 Å². The van der Waals surface area contributed by atoms with Crippen LogP contribution in [0.2, 0.25) is 0 Å². The summed E-state index contributed by atoms with van der Waals surface area (Å²) in [5.41, 5.74) is 2.39. The number of para-hydroxylation sites is 1. The third kappa shape index (κ3) is 7.12. The lowest BCUT2D eigenvalue weighted by atomic mass is 10.1. The SMILES string of the molecule is CC.CC(c1ccc(F)cc1)N(C)C(=O)c1ccccc1NS(=O)C1=CC=C/C(=N/SN)C1. The Kier molecular flexibility index (Phi) is 10.5. The molecule has 0 heterocycles. The topological polar surface area (TPSA) is 87.8 Å². The molecule has 0 aromatic heterocycles. The van der Waals surface area contributed by atoms with E-state index in [0.29, 0.717) is 22.6 Å². The number of rotatable bonds is 7. The van der Waals surface area contributed by atoms with Gasteiger partial charge in [0, 0.05) is 18.4 Å². The highest BCUT2D eigenvalue weighted by molar-refractivity contribution is 7.95. The van der Waals surface area contributed by atoms with E-state index in [1.165, 1.54) is 12.1 Å². The van der Waals surface area contributed by atoms with Crippen molar-refractivity contribution < 1.29 is 13.4 Å². The second-order valence-corrected chi connectivity index (χ2v) is 8.58. The molecule has 2 atom stereocenters. The van der Waals surface area contributed by atoms with Crippen LogP contribution in [-0.4, -0.2) is 27.8 Å². The fraction of sp³-hybridized carbons (Fsp3) is 0.250. The van der Waals surface area contributed by atoms with E-state index in [-0.39, 0.29) is 17.8 Å². The van der Waals surface area contributed by atoms with E-state index in [4.69, 9.17) is 5.14 Å². The summed E-state index contributed by atoms with van der Waals surface area (Å²) in [5, 5.41) is 5.38. The van der Waals surface area contributed by atoms with E-state index in [9.17, 15) is 13.4 Å². The highest BCUT2D eigenvalue weighted by Gasteiger charge is 2.22. The van der Waals surface area contributed by atoms with Crippen LogP contribution in [0.15, 0.2) is 76.1 Å². The fourth-order valence-corrected chi connectivity index (χ4v) is 4.33. The van der Waals surface area contributed by atoms with Gasteiger partial charge in [-0.25, -0.2) is 13.0 Å². The van der Waals surface area contributed by atoms with Gasteiger partial charge in [0.2, 0.25) is 0 Å². The number of hydrogen-bond donors (Lipinski definition) is 2. The van der Waals surface area contributed by atoms with Crippen molar-refractivity contribution >= 4 is 40.4 Å². The van der Waals surface area contributed by atoms with Crippen molar-refractivity contribution in [1.29, 1.82) is 0 Å². The predicted molar refractivity (Wildman–Crippen MR) is 138 cm³/mol. The van der Waals surface area contributed by atoms with Crippen molar-refractivity contribution in [2.24, 2.45) is 9.54 Å². The Morgan fingerprint density at radius 3 is 2.55 bits per heavy atom. The van der Waals surface area contributed by atoms with Crippen molar-refractivity contribution in [3.05, 3.63) is 88.6 Å². The summed E-state index contributed by atoms with van der Waals surface area (Å²) < 4.78 is 33.1. The Labute approximate surface area is 201 Å². The zero-order valence-electron chi connectivity index (χ0n) is 19.1. The quantitative estimate of drug-likeness (QED) is 0.499. The van der Waals surface area contributed by atoms with Gasteiger partial charge in [0.15, 0.2) is 0 Å². The average molecular weight is 489 g/mol. The standard InChI is InChI=1S/C22H23FN4O2S2.C2H6/c1-15(16-10-12-17(23)13-11-16)27(2)22(28)20-8-3-4-9-21(20)26-31(29)19-7-5-6-18(14-19)25-30-24;1-2/h3-13,15,26H,14,24H2,1-2H3;1-2H3/b25-18-;. The molecular weight excluding hydrogens is 459 g/mol. The molecule has 0 saturated carbocycles. The highest BCUT2D eigenvalue weighted by atomic mass is 32.2. The van der Waals surface area contributed by atoms with Crippen molar-refractivity contribution in [2.45, 2.75) is 33.2 Å². The largest absolute Gasteiger partial charge is 0.335 e. The van der Waals surface area contributed by atoms with E-state index >= 15 is 0 Å². The van der Waals surface area contributed by atoms with Gasteiger partial charge in [-0.05, 0) is 48.9 Å². The van der Waals surface area contributed by atoms with E-state index in [1.54, 1.807) is 60.5 Å². The minimum Gasteiger partial charge on any atom is -0.335 e. The second kappa shape index (κ2) is 13.1. The van der Waals surface area contributed by atoms with Crippen molar-refractivity contribution in [3.63, 3.8) is 0 Å². The number of carbonyl (C=O) groups excluding carboxylic acids is 1. The Balaban J connectivity index is 0.00000187. The molecule has 2 aromatic rings. The smallest absolute Gasteiger partial charge is 0.256 e. The normalized spacial score (nSPS) is 15.7. The second-order valence-electron chi connectivity index (χ2n) is 6.92. The van der Waals surface area contributed by atoms with Crippen LogP contribution >= 0.6 is 12.1 Å². The maximum atomic E-state index is 13.2. The molecule has 0 fully saturated rings. The summed E-state index contributed by atoms with van der Waals surface area (Å²) in [6, 6.07) is 12.7. The minimum atomic E-state index is -1.55. The van der Waals surface area contributed by atoms with E-state index in [0.717, 1.165) is 23.4 Å². The maximum absolute atomic E-state index is 13.2. The Morgan fingerprint density at radius 1 is 1.21 bits per heavy atom. The molecular formula is C24H29FN4O2S2. The zero-order chi connectivity index (χ0) is 24.4. The first kappa shape index (κ1) is 26.5. The Hall–Kier alpha value is -2.75. The first-order valence-electron chi connectivity index (χ1n) is 10.5. The minimum absolute atomic E-state index is 0.240. The molecule has 3 rings (SSSR count). The van der Waals surface area contributed by atoms with Crippen LogP contribution in [0.1, 0.15) is 49.2 Å². The summed E-state index contributed by atoms with van der Waals surface area (Å²) in [4.78, 5) is 15.4. The molecule has 1 aliphatic rings. The predicted octanol–water partition coefficient (Wildman–Crippen LogP) is 5.57. The van der Waals surface area contributed by atoms with Gasteiger partial charge in [-0.3, -0.25) is 9.93 Å². The van der Waals surface area contributed by atoms with E-state index in [2.05, 4.69) is 9.12 Å². The number of amides is 1. The van der Waals surface area contributed by atoms with Gasteiger partial charge in [-0.2, -0.15) is 0 Å². The molecule has 9 heteroatoms. The average Bonchev–Trinajstić information content (AvgIpc) is 2.85. The molecule has 3 N–H and O–H groups in total. The Morgan fingerprint density at radius 2 is 1.88 bits per heavy atom. The number of halogens is 1. The molecule has 0 bridgehead atoms. The number of nitrogens with zero attached hydrogens (tertiary/aromatic N) is 2. The van der Waals surface area contributed by atoms with Crippen LogP contribution in [0.4, 0.5) is 10.1 Å². The molecule has 6 nitrogen and oxygen atoms in total. The molecule has 1 aliphatic carbocycles.